The number of para-hydroxylation sites is 1. The highest BCUT2D eigenvalue weighted by atomic mass is 35.5. The molecular formula is C27H26ClN3O6S. The Balaban J connectivity index is 1.80. The van der Waals surface area contributed by atoms with Gasteiger partial charge in [-0.05, 0) is 56.1 Å². The smallest absolute Gasteiger partial charge is 0.346 e. The number of hydrogen-bond acceptors (Lipinski definition) is 8. The molecular weight excluding hydrogens is 530 g/mol. The molecule has 0 aliphatic carbocycles. The van der Waals surface area contributed by atoms with E-state index >= 15 is 0 Å². The number of rotatable bonds is 8. The van der Waals surface area contributed by atoms with Crippen LogP contribution in [0.3, 0.4) is 0 Å². The Kier molecular flexibility index (Phi) is 8.55. The van der Waals surface area contributed by atoms with Crippen molar-refractivity contribution in [1.29, 1.82) is 0 Å². The van der Waals surface area contributed by atoms with Crippen LogP contribution in [0.1, 0.15) is 21.2 Å². The van der Waals surface area contributed by atoms with Crippen molar-refractivity contribution in [1.82, 2.24) is 4.90 Å². The van der Waals surface area contributed by atoms with Gasteiger partial charge >= 0.3 is 5.97 Å². The number of nitro benzene ring substituents is 1. The molecule has 0 fully saturated rings. The third kappa shape index (κ3) is 5.93. The minimum absolute atomic E-state index is 0.107. The van der Waals surface area contributed by atoms with Crippen LogP contribution in [0.5, 0.6) is 5.75 Å². The number of nitrogens with zero attached hydrogens (tertiary/aromatic N) is 3. The number of anilines is 1. The number of likely N-dealkylation sites (N-methyl/N-ethyl adjacent to an activating group) is 1. The molecule has 9 nitrogen and oxygen atoms in total. The number of benzene rings is 3. The molecule has 1 aliphatic heterocycles. The van der Waals surface area contributed by atoms with Crippen LogP contribution in [0.4, 0.5) is 11.4 Å². The number of halogens is 1. The van der Waals surface area contributed by atoms with Crippen molar-refractivity contribution in [3.8, 4) is 5.75 Å². The lowest BCUT2D eigenvalue weighted by Gasteiger charge is -2.28. The Labute approximate surface area is 229 Å². The van der Waals surface area contributed by atoms with Gasteiger partial charge in [0.1, 0.15) is 11.3 Å². The first-order valence-electron chi connectivity index (χ1n) is 11.7. The second-order valence-corrected chi connectivity index (χ2v) is 10.4. The first-order chi connectivity index (χ1) is 18.2. The van der Waals surface area contributed by atoms with E-state index in [1.165, 1.54) is 23.9 Å². The number of thioether (sulfide) groups is 1. The average Bonchev–Trinajstić information content (AvgIpc) is 3.01. The second-order valence-electron chi connectivity index (χ2n) is 8.82. The lowest BCUT2D eigenvalue weighted by atomic mass is 10.0. The molecule has 0 spiro atoms. The molecule has 3 aromatic carbocycles. The highest BCUT2D eigenvalue weighted by Crippen LogP contribution is 2.47. The molecule has 0 N–H and O–H groups in total. The summed E-state index contributed by atoms with van der Waals surface area (Å²) < 4.78 is 11.1. The number of methoxy groups -OCH3 is 1. The zero-order valence-electron chi connectivity index (χ0n) is 21.0. The van der Waals surface area contributed by atoms with E-state index in [4.69, 9.17) is 21.1 Å². The van der Waals surface area contributed by atoms with Crippen molar-refractivity contribution < 1.29 is 24.0 Å². The van der Waals surface area contributed by atoms with Gasteiger partial charge in [-0.1, -0.05) is 35.9 Å². The molecule has 3 aromatic rings. The van der Waals surface area contributed by atoms with Crippen LogP contribution in [0.25, 0.3) is 0 Å². The highest BCUT2D eigenvalue weighted by Gasteiger charge is 2.42. The SMILES string of the molecule is COc1ccc(C2Sc3ccccc3N(CCN(C)C)C(=O)C2OC(=O)c2ccc(Cl)cc2[N+](=O)[O-])cc1. The molecule has 4 rings (SSSR count). The Morgan fingerprint density at radius 1 is 1.13 bits per heavy atom. The number of nitro groups is 1. The largest absolute Gasteiger partial charge is 0.497 e. The summed E-state index contributed by atoms with van der Waals surface area (Å²) in [6.45, 7) is 0.926. The summed E-state index contributed by atoms with van der Waals surface area (Å²) in [5.41, 5.74) is 0.660. The number of carbonyl (C=O) groups is 2. The number of amides is 1. The summed E-state index contributed by atoms with van der Waals surface area (Å²) >= 11 is 7.32. The van der Waals surface area contributed by atoms with E-state index in [0.29, 0.717) is 24.5 Å². The van der Waals surface area contributed by atoms with Crippen molar-refractivity contribution in [3.63, 3.8) is 0 Å². The molecule has 0 saturated carbocycles. The number of carbonyl (C=O) groups excluding carboxylic acids is 2. The van der Waals surface area contributed by atoms with Crippen LogP contribution in [0.15, 0.2) is 71.6 Å². The minimum Gasteiger partial charge on any atom is -0.497 e. The fourth-order valence-corrected chi connectivity index (χ4v) is 5.55. The van der Waals surface area contributed by atoms with Crippen LogP contribution < -0.4 is 9.64 Å². The van der Waals surface area contributed by atoms with E-state index in [0.717, 1.165) is 16.5 Å². The third-order valence-corrected chi connectivity index (χ3v) is 7.63. The van der Waals surface area contributed by atoms with Gasteiger partial charge in [0.2, 0.25) is 0 Å². The Hall–Kier alpha value is -3.60. The molecule has 1 amide bonds. The summed E-state index contributed by atoms with van der Waals surface area (Å²) in [5, 5.41) is 11.1. The van der Waals surface area contributed by atoms with Crippen molar-refractivity contribution >= 4 is 46.6 Å². The van der Waals surface area contributed by atoms with Gasteiger partial charge in [0.25, 0.3) is 11.6 Å². The molecule has 0 radical (unpaired) electrons. The van der Waals surface area contributed by atoms with E-state index in [2.05, 4.69) is 0 Å². The van der Waals surface area contributed by atoms with Gasteiger partial charge in [0, 0.05) is 29.1 Å². The minimum atomic E-state index is -1.27. The summed E-state index contributed by atoms with van der Waals surface area (Å²) in [6, 6.07) is 18.4. The van der Waals surface area contributed by atoms with Crippen molar-refractivity contribution in [2.45, 2.75) is 16.2 Å². The van der Waals surface area contributed by atoms with Gasteiger partial charge in [-0.3, -0.25) is 14.9 Å². The molecule has 2 atom stereocenters. The maximum absolute atomic E-state index is 14.1. The van der Waals surface area contributed by atoms with Crippen LogP contribution in [-0.4, -0.2) is 62.1 Å². The molecule has 1 heterocycles. The first kappa shape index (κ1) is 27.4. The molecule has 2 unspecified atom stereocenters. The fraction of sp³-hybridized carbons (Fsp3) is 0.259. The Bertz CT molecular complexity index is 1350. The van der Waals surface area contributed by atoms with Crippen molar-refractivity contribution in [3.05, 3.63) is 93.0 Å². The van der Waals surface area contributed by atoms with E-state index < -0.39 is 33.8 Å². The monoisotopic (exact) mass is 555 g/mol. The zero-order valence-corrected chi connectivity index (χ0v) is 22.6. The maximum atomic E-state index is 14.1. The Morgan fingerprint density at radius 3 is 2.50 bits per heavy atom. The number of fused-ring (bicyclic) bond motifs is 1. The van der Waals surface area contributed by atoms with E-state index in [1.54, 1.807) is 24.1 Å². The van der Waals surface area contributed by atoms with Crippen molar-refractivity contribution in [2.24, 2.45) is 0 Å². The second kappa shape index (κ2) is 11.8. The summed E-state index contributed by atoms with van der Waals surface area (Å²) in [7, 11) is 5.36. The molecule has 0 aromatic heterocycles. The predicted octanol–water partition coefficient (Wildman–Crippen LogP) is 5.22. The molecule has 38 heavy (non-hydrogen) atoms. The summed E-state index contributed by atoms with van der Waals surface area (Å²) in [4.78, 5) is 42.8. The van der Waals surface area contributed by atoms with Gasteiger partial charge in [-0.2, -0.15) is 0 Å². The molecule has 0 saturated heterocycles. The number of hydrogen-bond donors (Lipinski definition) is 0. The van der Waals surface area contributed by atoms with E-state index in [-0.39, 0.29) is 10.6 Å². The van der Waals surface area contributed by atoms with Crippen LogP contribution in [0, 0.1) is 10.1 Å². The molecule has 0 bridgehead atoms. The van der Waals surface area contributed by atoms with Gasteiger partial charge in [-0.25, -0.2) is 4.79 Å². The third-order valence-electron chi connectivity index (χ3n) is 6.02. The summed E-state index contributed by atoms with van der Waals surface area (Å²) in [5.74, 6) is -0.767. The highest BCUT2D eigenvalue weighted by molar-refractivity contribution is 7.99. The van der Waals surface area contributed by atoms with Crippen molar-refractivity contribution in [2.75, 3.05) is 39.2 Å². The lowest BCUT2D eigenvalue weighted by Crippen LogP contribution is -2.45. The van der Waals surface area contributed by atoms with Gasteiger partial charge in [-0.15, -0.1) is 11.8 Å². The number of esters is 1. The topological polar surface area (TPSA) is 102 Å². The lowest BCUT2D eigenvalue weighted by molar-refractivity contribution is -0.385. The normalized spacial score (nSPS) is 17.1. The van der Waals surface area contributed by atoms with E-state index in [1.807, 2.05) is 55.4 Å². The Morgan fingerprint density at radius 2 is 1.84 bits per heavy atom. The zero-order chi connectivity index (χ0) is 27.4. The van der Waals surface area contributed by atoms with E-state index in [9.17, 15) is 19.7 Å². The van der Waals surface area contributed by atoms with Crippen LogP contribution in [0.2, 0.25) is 5.02 Å². The number of ether oxygens (including phenoxy) is 2. The molecule has 1 aliphatic rings. The van der Waals surface area contributed by atoms with Crippen LogP contribution in [-0.2, 0) is 9.53 Å². The maximum Gasteiger partial charge on any atom is 0.346 e. The fourth-order valence-electron chi connectivity index (χ4n) is 4.07. The van der Waals surface area contributed by atoms with Gasteiger partial charge in [0.15, 0.2) is 6.10 Å². The summed E-state index contributed by atoms with van der Waals surface area (Å²) in [6.07, 6.45) is -1.27. The van der Waals surface area contributed by atoms with Gasteiger partial charge in [0.05, 0.1) is 23.0 Å². The average molecular weight is 556 g/mol. The first-order valence-corrected chi connectivity index (χ1v) is 13.0. The standard InChI is InChI=1S/C27H26ClN3O6S/c1-29(2)14-15-30-21-6-4-5-7-23(21)38-25(17-8-11-19(36-3)12-9-17)24(26(30)32)37-27(33)20-13-10-18(28)16-22(20)31(34)35/h4-13,16,24-25H,14-15H2,1-3H3. The molecule has 198 valence electrons. The molecule has 11 heteroatoms. The quantitative estimate of drug-likeness (QED) is 0.212. The predicted molar refractivity (Wildman–Crippen MR) is 146 cm³/mol. The van der Waals surface area contributed by atoms with Crippen LogP contribution >= 0.6 is 23.4 Å². The van der Waals surface area contributed by atoms with Gasteiger partial charge < -0.3 is 19.3 Å².